The van der Waals surface area contributed by atoms with Gasteiger partial charge in [-0.3, -0.25) is 14.9 Å². The molecule has 0 spiro atoms. The average molecular weight is 413 g/mol. The Labute approximate surface area is 178 Å². The Morgan fingerprint density at radius 3 is 2.42 bits per heavy atom. The first kappa shape index (κ1) is 20.1. The first-order valence-electron chi connectivity index (χ1n) is 9.58. The predicted octanol–water partition coefficient (Wildman–Crippen LogP) is 3.63. The molecule has 1 heterocycles. The zero-order chi connectivity index (χ0) is 21.8. The molecular formula is C24H19N3O4. The van der Waals surface area contributed by atoms with Crippen molar-refractivity contribution >= 4 is 40.9 Å². The molecule has 0 saturated heterocycles. The number of aliphatic hydroxyl groups is 1. The molecule has 3 aromatic rings. The van der Waals surface area contributed by atoms with Crippen LogP contribution in [-0.4, -0.2) is 23.0 Å². The van der Waals surface area contributed by atoms with Crippen LogP contribution in [-0.2, 0) is 11.4 Å². The second-order valence-corrected chi connectivity index (χ2v) is 6.95. The van der Waals surface area contributed by atoms with E-state index in [0.29, 0.717) is 28.1 Å². The van der Waals surface area contributed by atoms with Gasteiger partial charge in [0.15, 0.2) is 0 Å². The Bertz CT molecular complexity index is 1190. The van der Waals surface area contributed by atoms with E-state index in [1.165, 1.54) is 12.1 Å². The molecule has 31 heavy (non-hydrogen) atoms. The monoisotopic (exact) mass is 413 g/mol. The van der Waals surface area contributed by atoms with E-state index >= 15 is 0 Å². The fourth-order valence-corrected chi connectivity index (χ4v) is 3.23. The van der Waals surface area contributed by atoms with Crippen LogP contribution in [0.3, 0.4) is 0 Å². The third kappa shape index (κ3) is 4.52. The smallest absolute Gasteiger partial charge is 0.326 e. The number of anilines is 2. The van der Waals surface area contributed by atoms with E-state index in [2.05, 4.69) is 16.0 Å². The van der Waals surface area contributed by atoms with Crippen molar-refractivity contribution in [1.29, 1.82) is 0 Å². The maximum Gasteiger partial charge on any atom is 0.326 e. The van der Waals surface area contributed by atoms with E-state index in [9.17, 15) is 14.4 Å². The summed E-state index contributed by atoms with van der Waals surface area (Å²) in [6.07, 6.45) is 1.81. The highest BCUT2D eigenvalue weighted by molar-refractivity contribution is 6.35. The van der Waals surface area contributed by atoms with Gasteiger partial charge in [0.05, 0.1) is 12.3 Å². The zero-order valence-corrected chi connectivity index (χ0v) is 16.4. The molecule has 7 nitrogen and oxygen atoms in total. The summed E-state index contributed by atoms with van der Waals surface area (Å²) in [6.45, 7) is -0.125. The van der Waals surface area contributed by atoms with E-state index in [0.717, 1.165) is 11.1 Å². The average Bonchev–Trinajstić information content (AvgIpc) is 3.08. The normalized spacial score (nSPS) is 13.5. The lowest BCUT2D eigenvalue weighted by atomic mass is 10.0. The van der Waals surface area contributed by atoms with Gasteiger partial charge in [-0.1, -0.05) is 48.5 Å². The van der Waals surface area contributed by atoms with Gasteiger partial charge in [0.1, 0.15) is 0 Å². The SMILES string of the molecule is O=C(NC(=O)c1ccc(CO)cc1)Nc1ccc2c(c1)NC(=O)/C2=C/c1ccccc1. The van der Waals surface area contributed by atoms with Crippen LogP contribution in [0.2, 0.25) is 0 Å². The van der Waals surface area contributed by atoms with Crippen LogP contribution in [0.5, 0.6) is 0 Å². The van der Waals surface area contributed by atoms with Gasteiger partial charge < -0.3 is 15.7 Å². The third-order valence-corrected chi connectivity index (χ3v) is 4.80. The molecule has 154 valence electrons. The molecule has 0 aromatic heterocycles. The largest absolute Gasteiger partial charge is 0.392 e. The quantitative estimate of drug-likeness (QED) is 0.490. The minimum Gasteiger partial charge on any atom is -0.392 e. The lowest BCUT2D eigenvalue weighted by Gasteiger charge is -2.08. The number of carbonyl (C=O) groups is 3. The summed E-state index contributed by atoms with van der Waals surface area (Å²) in [4.78, 5) is 36.8. The van der Waals surface area contributed by atoms with Crippen LogP contribution < -0.4 is 16.0 Å². The minimum atomic E-state index is -0.694. The highest BCUT2D eigenvalue weighted by atomic mass is 16.3. The van der Waals surface area contributed by atoms with Crippen molar-refractivity contribution in [2.75, 3.05) is 10.6 Å². The zero-order valence-electron chi connectivity index (χ0n) is 16.4. The van der Waals surface area contributed by atoms with Gasteiger partial charge in [-0.15, -0.1) is 0 Å². The number of fused-ring (bicyclic) bond motifs is 1. The van der Waals surface area contributed by atoms with Crippen LogP contribution >= 0.6 is 0 Å². The van der Waals surface area contributed by atoms with Gasteiger partial charge in [-0.2, -0.15) is 0 Å². The summed E-state index contributed by atoms with van der Waals surface area (Å²) >= 11 is 0. The summed E-state index contributed by atoms with van der Waals surface area (Å²) < 4.78 is 0. The maximum absolute atomic E-state index is 12.4. The summed E-state index contributed by atoms with van der Waals surface area (Å²) in [5.74, 6) is -0.786. The first-order valence-corrected chi connectivity index (χ1v) is 9.58. The lowest BCUT2D eigenvalue weighted by Crippen LogP contribution is -2.34. The second kappa shape index (κ2) is 8.64. The number of rotatable bonds is 4. The van der Waals surface area contributed by atoms with Crippen molar-refractivity contribution < 1.29 is 19.5 Å². The van der Waals surface area contributed by atoms with Crippen LogP contribution in [0.15, 0.2) is 72.8 Å². The lowest BCUT2D eigenvalue weighted by molar-refractivity contribution is -0.110. The van der Waals surface area contributed by atoms with E-state index in [1.54, 1.807) is 30.3 Å². The number of aliphatic hydroxyl groups excluding tert-OH is 1. The Kier molecular flexibility index (Phi) is 5.59. The summed E-state index contributed by atoms with van der Waals surface area (Å²) in [7, 11) is 0. The second-order valence-electron chi connectivity index (χ2n) is 6.95. The van der Waals surface area contributed by atoms with Crippen molar-refractivity contribution in [1.82, 2.24) is 5.32 Å². The molecule has 0 fully saturated rings. The molecule has 3 aromatic carbocycles. The molecule has 1 aliphatic rings. The van der Waals surface area contributed by atoms with Crippen molar-refractivity contribution in [3.05, 3.63) is 95.1 Å². The molecule has 0 atom stereocenters. The van der Waals surface area contributed by atoms with E-state index in [1.807, 2.05) is 36.4 Å². The van der Waals surface area contributed by atoms with Gasteiger partial charge in [0, 0.05) is 22.4 Å². The highest BCUT2D eigenvalue weighted by Crippen LogP contribution is 2.35. The van der Waals surface area contributed by atoms with Crippen LogP contribution in [0.25, 0.3) is 11.6 Å². The number of hydrogen-bond donors (Lipinski definition) is 4. The standard InChI is InChI=1S/C24H19N3O4/c28-14-16-6-8-17(9-7-16)22(29)27-24(31)25-18-10-11-19-20(23(30)26-21(19)13-18)12-15-4-2-1-3-5-15/h1-13,28H,14H2,(H,26,30)(H2,25,27,29,31)/b20-12+. The fourth-order valence-electron chi connectivity index (χ4n) is 3.23. The van der Waals surface area contributed by atoms with E-state index in [4.69, 9.17) is 5.11 Å². The Morgan fingerprint density at radius 1 is 0.968 bits per heavy atom. The van der Waals surface area contributed by atoms with Gasteiger partial charge in [-0.25, -0.2) is 4.79 Å². The molecule has 0 bridgehead atoms. The van der Waals surface area contributed by atoms with Gasteiger partial charge in [-0.05, 0) is 41.5 Å². The number of hydrogen-bond acceptors (Lipinski definition) is 4. The van der Waals surface area contributed by atoms with Gasteiger partial charge in [0.2, 0.25) is 0 Å². The number of imide groups is 1. The van der Waals surface area contributed by atoms with E-state index < -0.39 is 11.9 Å². The van der Waals surface area contributed by atoms with Gasteiger partial charge >= 0.3 is 6.03 Å². The van der Waals surface area contributed by atoms with Crippen molar-refractivity contribution in [3.63, 3.8) is 0 Å². The summed E-state index contributed by atoms with van der Waals surface area (Å²) in [5.41, 5.74) is 4.16. The van der Waals surface area contributed by atoms with Crippen molar-refractivity contribution in [2.24, 2.45) is 0 Å². The maximum atomic E-state index is 12.4. The molecule has 0 unspecified atom stereocenters. The molecule has 0 radical (unpaired) electrons. The number of benzene rings is 3. The molecule has 4 N–H and O–H groups in total. The summed E-state index contributed by atoms with van der Waals surface area (Å²) in [6, 6.07) is 20.1. The van der Waals surface area contributed by atoms with Crippen molar-refractivity contribution in [2.45, 2.75) is 6.61 Å². The topological polar surface area (TPSA) is 108 Å². The van der Waals surface area contributed by atoms with Crippen molar-refractivity contribution in [3.8, 4) is 0 Å². The number of carbonyl (C=O) groups excluding carboxylic acids is 3. The Hall–Kier alpha value is -4.23. The molecule has 1 aliphatic heterocycles. The molecular weight excluding hydrogens is 394 g/mol. The van der Waals surface area contributed by atoms with Crippen LogP contribution in [0.4, 0.5) is 16.2 Å². The Balaban J connectivity index is 1.45. The minimum absolute atomic E-state index is 0.125. The highest BCUT2D eigenvalue weighted by Gasteiger charge is 2.24. The number of amides is 4. The molecule has 4 amide bonds. The van der Waals surface area contributed by atoms with Gasteiger partial charge in [0.25, 0.3) is 11.8 Å². The molecule has 7 heteroatoms. The fraction of sp³-hybridized carbons (Fsp3) is 0.0417. The molecule has 0 aliphatic carbocycles. The summed E-state index contributed by atoms with van der Waals surface area (Å²) in [5, 5.41) is 16.7. The van der Waals surface area contributed by atoms with E-state index in [-0.39, 0.29) is 12.5 Å². The Morgan fingerprint density at radius 2 is 1.71 bits per heavy atom. The predicted molar refractivity (Wildman–Crippen MR) is 118 cm³/mol. The number of nitrogens with one attached hydrogen (secondary N) is 3. The first-order chi connectivity index (χ1) is 15.0. The van der Waals surface area contributed by atoms with Crippen LogP contribution in [0.1, 0.15) is 27.0 Å². The molecule has 4 rings (SSSR count). The molecule has 0 saturated carbocycles. The number of urea groups is 1. The third-order valence-electron chi connectivity index (χ3n) is 4.80. The van der Waals surface area contributed by atoms with Crippen LogP contribution in [0, 0.1) is 0 Å².